The highest BCUT2D eigenvalue weighted by Crippen LogP contribution is 2.37. The largest absolute Gasteiger partial charge is 0.497 e. The van der Waals surface area contributed by atoms with Crippen LogP contribution in [0.25, 0.3) is 0 Å². The second kappa shape index (κ2) is 5.70. The van der Waals surface area contributed by atoms with Gasteiger partial charge in [0.05, 0.1) is 6.61 Å². The van der Waals surface area contributed by atoms with Crippen LogP contribution in [0, 0.1) is 11.3 Å². The van der Waals surface area contributed by atoms with Gasteiger partial charge in [0.25, 0.3) is 0 Å². The van der Waals surface area contributed by atoms with E-state index in [0.29, 0.717) is 11.7 Å². The number of Topliss-reactive ketones (excluding diaryl/α,β-unsaturated/α-hetero) is 1. The maximum Gasteiger partial charge on any atom is 0.167 e. The lowest BCUT2D eigenvalue weighted by molar-refractivity contribution is -0.125. The van der Waals surface area contributed by atoms with Crippen LogP contribution in [0.15, 0.2) is 11.3 Å². The molecule has 1 aliphatic rings. The van der Waals surface area contributed by atoms with Crippen LogP contribution in [-0.2, 0) is 9.53 Å². The van der Waals surface area contributed by atoms with Crippen LogP contribution >= 0.6 is 0 Å². The number of allylic oxidation sites excluding steroid dienone is 2. The Labute approximate surface area is 105 Å². The molecule has 0 aromatic carbocycles. The van der Waals surface area contributed by atoms with Gasteiger partial charge in [0.15, 0.2) is 5.78 Å². The van der Waals surface area contributed by atoms with Gasteiger partial charge in [0.1, 0.15) is 5.76 Å². The highest BCUT2D eigenvalue weighted by atomic mass is 16.5. The van der Waals surface area contributed by atoms with Crippen LogP contribution in [0.3, 0.4) is 0 Å². The lowest BCUT2D eigenvalue weighted by Gasteiger charge is -2.31. The fourth-order valence-corrected chi connectivity index (χ4v) is 2.16. The van der Waals surface area contributed by atoms with Crippen LogP contribution < -0.4 is 0 Å². The van der Waals surface area contributed by atoms with Crippen LogP contribution in [0.4, 0.5) is 0 Å². The fourth-order valence-electron chi connectivity index (χ4n) is 2.16. The van der Waals surface area contributed by atoms with E-state index in [1.54, 1.807) is 0 Å². The second-order valence-electron chi connectivity index (χ2n) is 6.07. The first-order valence-electron chi connectivity index (χ1n) is 6.78. The molecule has 17 heavy (non-hydrogen) atoms. The lowest BCUT2D eigenvalue weighted by Crippen LogP contribution is -2.31. The van der Waals surface area contributed by atoms with Gasteiger partial charge in [-0.2, -0.15) is 0 Å². The zero-order valence-corrected chi connectivity index (χ0v) is 11.9. The van der Waals surface area contributed by atoms with E-state index in [1.807, 2.05) is 13.8 Å². The molecule has 0 radical (unpaired) electrons. The first-order valence-corrected chi connectivity index (χ1v) is 6.78. The van der Waals surface area contributed by atoms with E-state index in [9.17, 15) is 4.79 Å². The van der Waals surface area contributed by atoms with Crippen molar-refractivity contribution in [3.63, 3.8) is 0 Å². The van der Waals surface area contributed by atoms with Crippen LogP contribution in [0.2, 0.25) is 0 Å². The molecule has 98 valence electrons. The van der Waals surface area contributed by atoms with Gasteiger partial charge in [-0.3, -0.25) is 4.79 Å². The smallest absolute Gasteiger partial charge is 0.167 e. The summed E-state index contributed by atoms with van der Waals surface area (Å²) in [5.41, 5.74) is 0.749. The Kier molecular flexibility index (Phi) is 4.79. The summed E-state index contributed by atoms with van der Waals surface area (Å²) in [6.07, 6.45) is 3.69. The first-order chi connectivity index (χ1) is 7.88. The van der Waals surface area contributed by atoms with Crippen molar-refractivity contribution in [3.05, 3.63) is 11.3 Å². The summed E-state index contributed by atoms with van der Waals surface area (Å²) < 4.78 is 5.83. The van der Waals surface area contributed by atoms with Crippen molar-refractivity contribution in [2.24, 2.45) is 11.3 Å². The Balaban J connectivity index is 2.87. The number of hydrogen-bond acceptors (Lipinski definition) is 2. The van der Waals surface area contributed by atoms with Crippen molar-refractivity contribution in [3.8, 4) is 0 Å². The zero-order chi connectivity index (χ0) is 13.1. The maximum absolute atomic E-state index is 12.4. The predicted molar refractivity (Wildman–Crippen MR) is 70.7 cm³/mol. The molecule has 2 nitrogen and oxygen atoms in total. The van der Waals surface area contributed by atoms with Gasteiger partial charge >= 0.3 is 0 Å². The van der Waals surface area contributed by atoms with Crippen LogP contribution in [0.1, 0.15) is 60.3 Å². The number of rotatable bonds is 5. The zero-order valence-electron chi connectivity index (χ0n) is 11.9. The quantitative estimate of drug-likeness (QED) is 0.720. The third kappa shape index (κ3) is 3.58. The molecule has 1 aliphatic carbocycles. The van der Waals surface area contributed by atoms with Crippen molar-refractivity contribution >= 4 is 5.78 Å². The Morgan fingerprint density at radius 2 is 2.00 bits per heavy atom. The Morgan fingerprint density at radius 1 is 1.35 bits per heavy atom. The number of ether oxygens (including phenoxy) is 1. The van der Waals surface area contributed by atoms with Gasteiger partial charge in [-0.05, 0) is 18.8 Å². The maximum atomic E-state index is 12.4. The van der Waals surface area contributed by atoms with Gasteiger partial charge in [-0.25, -0.2) is 0 Å². The highest BCUT2D eigenvalue weighted by molar-refractivity contribution is 6.00. The van der Waals surface area contributed by atoms with Gasteiger partial charge in [-0.15, -0.1) is 0 Å². The molecule has 0 spiro atoms. The van der Waals surface area contributed by atoms with Crippen molar-refractivity contribution < 1.29 is 9.53 Å². The van der Waals surface area contributed by atoms with Crippen molar-refractivity contribution in [1.29, 1.82) is 0 Å². The summed E-state index contributed by atoms with van der Waals surface area (Å²) in [5.74, 6) is 1.77. The molecule has 0 aromatic heterocycles. The van der Waals surface area contributed by atoms with Gasteiger partial charge in [0, 0.05) is 17.4 Å². The monoisotopic (exact) mass is 238 g/mol. The van der Waals surface area contributed by atoms with E-state index in [4.69, 9.17) is 4.74 Å². The van der Waals surface area contributed by atoms with Crippen LogP contribution in [-0.4, -0.2) is 12.4 Å². The van der Waals surface area contributed by atoms with Crippen LogP contribution in [0.5, 0.6) is 0 Å². The molecule has 0 saturated heterocycles. The molecule has 0 unspecified atom stereocenters. The lowest BCUT2D eigenvalue weighted by atomic mass is 9.74. The minimum Gasteiger partial charge on any atom is -0.497 e. The van der Waals surface area contributed by atoms with Gasteiger partial charge < -0.3 is 4.74 Å². The normalized spacial score (nSPS) is 20.0. The summed E-state index contributed by atoms with van der Waals surface area (Å²) in [4.78, 5) is 12.4. The molecule has 0 heterocycles. The Morgan fingerprint density at radius 3 is 2.53 bits per heavy atom. The molecular weight excluding hydrogens is 212 g/mol. The molecular formula is C15H26O2. The summed E-state index contributed by atoms with van der Waals surface area (Å²) >= 11 is 0. The van der Waals surface area contributed by atoms with Crippen molar-refractivity contribution in [2.75, 3.05) is 6.61 Å². The molecule has 1 rings (SSSR count). The van der Waals surface area contributed by atoms with Gasteiger partial charge in [-0.1, -0.05) is 41.0 Å². The second-order valence-corrected chi connectivity index (χ2v) is 6.07. The molecule has 0 N–H and O–H groups in total. The Hall–Kier alpha value is -0.790. The molecule has 2 heteroatoms. The average molecular weight is 238 g/mol. The van der Waals surface area contributed by atoms with E-state index in [2.05, 4.69) is 20.8 Å². The topological polar surface area (TPSA) is 26.3 Å². The SMILES string of the molecule is CCCC1=C(OCC(C)C)CCC(C)(C)C1=O. The number of ketones is 1. The van der Waals surface area contributed by atoms with Crippen molar-refractivity contribution in [2.45, 2.75) is 60.3 Å². The molecule has 0 atom stereocenters. The predicted octanol–water partition coefficient (Wildman–Crippen LogP) is 4.10. The van der Waals surface area contributed by atoms with Gasteiger partial charge in [0.2, 0.25) is 0 Å². The van der Waals surface area contributed by atoms with Crippen molar-refractivity contribution in [1.82, 2.24) is 0 Å². The minimum absolute atomic E-state index is 0.199. The van der Waals surface area contributed by atoms with E-state index in [-0.39, 0.29) is 5.41 Å². The van der Waals surface area contributed by atoms with E-state index < -0.39 is 0 Å². The highest BCUT2D eigenvalue weighted by Gasteiger charge is 2.36. The Bertz CT molecular complexity index is 311. The standard InChI is InChI=1S/C15H26O2/c1-6-7-12-13(17-10-11(2)3)8-9-15(4,5)14(12)16/h11H,6-10H2,1-5H3. The summed E-state index contributed by atoms with van der Waals surface area (Å²) in [6, 6.07) is 0. The molecule has 0 aromatic rings. The fraction of sp³-hybridized carbons (Fsp3) is 0.800. The number of carbonyl (C=O) groups excluding carboxylic acids is 1. The average Bonchev–Trinajstić information content (AvgIpc) is 2.24. The molecule has 0 saturated carbocycles. The molecule has 0 amide bonds. The summed E-state index contributed by atoms with van der Waals surface area (Å²) in [5, 5.41) is 0. The molecule has 0 fully saturated rings. The van der Waals surface area contributed by atoms with E-state index >= 15 is 0 Å². The number of carbonyl (C=O) groups is 1. The molecule has 0 bridgehead atoms. The number of hydrogen-bond donors (Lipinski definition) is 0. The minimum atomic E-state index is -0.199. The van der Waals surface area contributed by atoms with E-state index in [1.165, 1.54) is 0 Å². The summed E-state index contributed by atoms with van der Waals surface area (Å²) in [6.45, 7) is 11.2. The third-order valence-electron chi connectivity index (χ3n) is 3.29. The van der Waals surface area contributed by atoms with E-state index in [0.717, 1.165) is 43.6 Å². The third-order valence-corrected chi connectivity index (χ3v) is 3.29. The molecule has 0 aliphatic heterocycles. The summed E-state index contributed by atoms with van der Waals surface area (Å²) in [7, 11) is 0. The first kappa shape index (κ1) is 14.3.